The summed E-state index contributed by atoms with van der Waals surface area (Å²) in [4.78, 5) is 9.95. The van der Waals surface area contributed by atoms with Gasteiger partial charge in [0.15, 0.2) is 0 Å². The van der Waals surface area contributed by atoms with Crippen molar-refractivity contribution in [2.45, 2.75) is 0 Å². The molecule has 16 heavy (non-hydrogen) atoms. The molecule has 0 aliphatic carbocycles. The van der Waals surface area contributed by atoms with Gasteiger partial charge in [0, 0.05) is 0 Å². The van der Waals surface area contributed by atoms with E-state index < -0.39 is 27.0 Å². The van der Waals surface area contributed by atoms with Crippen LogP contribution < -0.4 is 12.3 Å². The molecule has 8 N–H and O–H groups in total. The minimum absolute atomic E-state index is 0. The van der Waals surface area contributed by atoms with Gasteiger partial charge in [0.05, 0.1) is 0 Å². The Balaban J connectivity index is -0.0000000216. The van der Waals surface area contributed by atoms with E-state index in [4.69, 9.17) is 9.11 Å². The summed E-state index contributed by atoms with van der Waals surface area (Å²) in [7, 11) is -10.3. The van der Waals surface area contributed by atoms with Crippen molar-refractivity contribution in [1.29, 1.82) is 0 Å². The molecular formula is CH12Ca2N2O9S2. The van der Waals surface area contributed by atoms with Gasteiger partial charge >= 0.3 is 102 Å². The minimum Gasteiger partial charge on any atom is -1.00 e. The maximum absolute atomic E-state index is 9.95. The van der Waals surface area contributed by atoms with E-state index in [0.29, 0.717) is 0 Å². The van der Waals surface area contributed by atoms with E-state index >= 15 is 0 Å². The van der Waals surface area contributed by atoms with Crippen LogP contribution in [0.3, 0.4) is 0 Å². The third kappa shape index (κ3) is 24.7. The van der Waals surface area contributed by atoms with Gasteiger partial charge in [0.2, 0.25) is 0 Å². The van der Waals surface area contributed by atoms with Crippen LogP contribution in [0.4, 0.5) is 4.79 Å². The molecule has 0 spiro atoms. The molecule has 0 aliphatic rings. The second-order valence-electron chi connectivity index (χ2n) is 1.27. The maximum Gasteiger partial charge on any atom is 2.00 e. The van der Waals surface area contributed by atoms with E-state index in [2.05, 4.69) is 8.37 Å². The molecular weight excluding hydrogens is 328 g/mol. The first-order valence-electron chi connectivity index (χ1n) is 1.98. The Labute approximate surface area is 157 Å². The molecule has 0 bridgehead atoms. The molecule has 0 rings (SSSR count). The van der Waals surface area contributed by atoms with Gasteiger partial charge in [-0.25, -0.2) is 4.79 Å². The summed E-state index contributed by atoms with van der Waals surface area (Å²) in [6, 6.07) is 0. The second kappa shape index (κ2) is 11.6. The molecule has 0 saturated heterocycles. The smallest absolute Gasteiger partial charge is 1.00 e. The van der Waals surface area contributed by atoms with Crippen LogP contribution in [-0.4, -0.2) is 108 Å². The topological polar surface area (TPSA) is 214 Å². The van der Waals surface area contributed by atoms with E-state index in [1.807, 2.05) is 0 Å². The van der Waals surface area contributed by atoms with Crippen LogP contribution in [0.15, 0.2) is 0 Å². The largest absolute Gasteiger partial charge is 2.00 e. The quantitative estimate of drug-likeness (QED) is 0.344. The van der Waals surface area contributed by atoms with Crippen molar-refractivity contribution >= 4 is 102 Å². The summed E-state index contributed by atoms with van der Waals surface area (Å²) in [6.45, 7) is 0. The molecule has 0 aromatic heterocycles. The molecule has 0 aliphatic heterocycles. The van der Waals surface area contributed by atoms with Gasteiger partial charge in [-0.15, -0.1) is 0 Å². The van der Waals surface area contributed by atoms with Gasteiger partial charge in [-0.05, 0) is 0 Å². The van der Waals surface area contributed by atoms with Crippen molar-refractivity contribution in [3.63, 3.8) is 0 Å². The molecule has 96 valence electrons. The molecule has 0 atom stereocenters. The van der Waals surface area contributed by atoms with Crippen LogP contribution in [0.1, 0.15) is 5.71 Å². The molecule has 11 nitrogen and oxygen atoms in total. The first-order chi connectivity index (χ1) is 5.10. The van der Waals surface area contributed by atoms with Gasteiger partial charge in [0.25, 0.3) is 0 Å². The van der Waals surface area contributed by atoms with E-state index in [0.717, 1.165) is 0 Å². The maximum atomic E-state index is 9.95. The summed E-state index contributed by atoms with van der Waals surface area (Å²) in [5.74, 6) is 0. The third-order valence-corrected chi connectivity index (χ3v) is 1.04. The summed E-state index contributed by atoms with van der Waals surface area (Å²) in [5.41, 5.74) is 0. The molecule has 0 saturated carbocycles. The fraction of sp³-hybridized carbons (Fsp3) is 0. The van der Waals surface area contributed by atoms with Crippen molar-refractivity contribution < 1.29 is 44.8 Å². The number of hydrogen-bond donors (Lipinski definition) is 4. The summed E-state index contributed by atoms with van der Waals surface area (Å²) in [5, 5.41) is 0. The monoisotopic (exact) mass is 340 g/mol. The average Bonchev–Trinajstić information content (AvgIpc) is 1.49. The molecule has 0 radical (unpaired) electrons. The first kappa shape index (κ1) is 30.5. The zero-order chi connectivity index (χ0) is 9.99. The Morgan fingerprint density at radius 3 is 1.19 bits per heavy atom. The Kier molecular flexibility index (Phi) is 22.1. The summed E-state index contributed by atoms with van der Waals surface area (Å²) < 4.78 is 60.1. The number of carbonyl (C=O) groups is 1. The Bertz CT molecular complexity index is 351. The van der Waals surface area contributed by atoms with E-state index in [1.54, 1.807) is 0 Å². The van der Waals surface area contributed by atoms with Crippen LogP contribution in [0.2, 0.25) is 0 Å². The van der Waals surface area contributed by atoms with Crippen molar-refractivity contribution in [3.8, 4) is 0 Å². The molecule has 0 aromatic carbocycles. The van der Waals surface area contributed by atoms with Crippen molar-refractivity contribution in [2.24, 2.45) is 0 Å². The van der Waals surface area contributed by atoms with Crippen molar-refractivity contribution in [3.05, 3.63) is 0 Å². The molecule has 0 unspecified atom stereocenters. The fourth-order valence-electron chi connectivity index (χ4n) is 0.186. The van der Waals surface area contributed by atoms with Crippen LogP contribution in [0.5, 0.6) is 0 Å². The molecule has 0 fully saturated rings. The number of carbonyl (C=O) groups excluding carboxylic acids is 1. The number of hydrogen-bond acceptors (Lipinski definition) is 9. The van der Waals surface area contributed by atoms with Crippen LogP contribution in [-0.2, 0) is 29.2 Å². The average molecular weight is 340 g/mol. The Morgan fingerprint density at radius 1 is 0.875 bits per heavy atom. The van der Waals surface area contributed by atoms with Gasteiger partial charge in [-0.1, -0.05) is 0 Å². The van der Waals surface area contributed by atoms with Gasteiger partial charge in [0.1, 0.15) is 0 Å². The molecule has 0 aromatic rings. The van der Waals surface area contributed by atoms with Crippen LogP contribution >= 0.6 is 0 Å². The van der Waals surface area contributed by atoms with E-state index in [9.17, 15) is 21.6 Å². The van der Waals surface area contributed by atoms with Gasteiger partial charge in [-0.2, -0.15) is 16.8 Å². The molecule has 15 heteroatoms. The normalized spacial score (nSPS) is 9.12. The standard InChI is InChI=1S/CH2O9S2.2Ca.2H3N.4H/c2-1(9-11(3,4)5)10-12(6,7)8;;;;;;;;/h(H,3,4,5)(H,6,7,8);;;2*1H3;;;;/q;2*+2;;;4*-1. The first-order valence-corrected chi connectivity index (χ1v) is 4.71. The summed E-state index contributed by atoms with van der Waals surface area (Å²) in [6.07, 6.45) is -2.29. The fourth-order valence-corrected chi connectivity index (χ4v) is 0.641. The minimum atomic E-state index is -5.15. The van der Waals surface area contributed by atoms with Crippen LogP contribution in [0, 0.1) is 0 Å². The zero-order valence-corrected chi connectivity index (χ0v) is 13.9. The predicted molar refractivity (Wildman–Crippen MR) is 56.7 cm³/mol. The predicted octanol–water partition coefficient (Wildman–Crippen LogP) is -1.24. The van der Waals surface area contributed by atoms with Crippen molar-refractivity contribution in [1.82, 2.24) is 12.3 Å². The van der Waals surface area contributed by atoms with Crippen LogP contribution in [0.25, 0.3) is 0 Å². The third-order valence-electron chi connectivity index (χ3n) is 0.347. The van der Waals surface area contributed by atoms with E-state index in [-0.39, 0.29) is 93.5 Å². The zero-order valence-electron chi connectivity index (χ0n) is 11.9. The van der Waals surface area contributed by atoms with Gasteiger partial charge < -0.3 is 18.0 Å². The SMILES string of the molecule is N.N.O=C(OS(=O)(=O)O)OS(=O)(=O)O.[Ca+2].[Ca+2].[H-].[H-].[H-].[H-]. The summed E-state index contributed by atoms with van der Waals surface area (Å²) >= 11 is 0. The van der Waals surface area contributed by atoms with E-state index in [1.165, 1.54) is 0 Å². The molecule has 0 amide bonds. The number of rotatable bonds is 2. The Hall–Kier alpha value is 1.53. The van der Waals surface area contributed by atoms with Gasteiger partial charge in [-0.3, -0.25) is 17.5 Å². The Morgan fingerprint density at radius 2 is 1.06 bits per heavy atom. The second-order valence-corrected chi connectivity index (χ2v) is 3.32. The van der Waals surface area contributed by atoms with Crippen molar-refractivity contribution in [2.75, 3.05) is 0 Å². The molecule has 0 heterocycles.